The molecule has 0 bridgehead atoms. The highest BCUT2D eigenvalue weighted by Gasteiger charge is 2.22. The van der Waals surface area contributed by atoms with Crippen LogP contribution in [-0.4, -0.2) is 28.8 Å². The van der Waals surface area contributed by atoms with E-state index in [-0.39, 0.29) is 5.91 Å². The number of methoxy groups -OCH3 is 1. The smallest absolute Gasteiger partial charge is 0.340 e. The number of hydrogen-bond donors (Lipinski definition) is 1. The molecule has 118 valence electrons. The second-order valence-corrected chi connectivity index (χ2v) is 6.16. The summed E-state index contributed by atoms with van der Waals surface area (Å²) in [5, 5.41) is 7.64. The summed E-state index contributed by atoms with van der Waals surface area (Å²) in [6.07, 6.45) is 0. The molecule has 6 nitrogen and oxygen atoms in total. The van der Waals surface area contributed by atoms with Crippen molar-refractivity contribution < 1.29 is 14.3 Å². The van der Waals surface area contributed by atoms with Crippen molar-refractivity contribution in [1.82, 2.24) is 9.78 Å². The van der Waals surface area contributed by atoms with Crippen LogP contribution in [0.4, 0.5) is 5.00 Å². The number of aryl methyl sites for hydroxylation is 3. The first-order valence-electron chi connectivity index (χ1n) is 6.93. The molecule has 7 heteroatoms. The number of carbonyl (C=O) groups is 2. The van der Waals surface area contributed by atoms with Gasteiger partial charge in [0.1, 0.15) is 5.00 Å². The summed E-state index contributed by atoms with van der Waals surface area (Å²) in [6, 6.07) is 1.71. The topological polar surface area (TPSA) is 73.2 Å². The van der Waals surface area contributed by atoms with Crippen molar-refractivity contribution in [3.63, 3.8) is 0 Å². The third-order valence-electron chi connectivity index (χ3n) is 3.40. The Labute approximate surface area is 133 Å². The zero-order valence-corrected chi connectivity index (χ0v) is 14.1. The zero-order chi connectivity index (χ0) is 16.4. The molecular formula is C15H19N3O3S. The minimum Gasteiger partial charge on any atom is -0.465 e. The summed E-state index contributed by atoms with van der Waals surface area (Å²) in [6.45, 7) is 8.21. The van der Waals surface area contributed by atoms with Crippen LogP contribution >= 0.6 is 11.3 Å². The Kier molecular flexibility index (Phi) is 4.65. The third-order valence-corrected chi connectivity index (χ3v) is 4.36. The molecule has 0 aliphatic heterocycles. The van der Waals surface area contributed by atoms with Gasteiger partial charge < -0.3 is 10.1 Å². The van der Waals surface area contributed by atoms with Crippen molar-refractivity contribution in [2.24, 2.45) is 0 Å². The quantitative estimate of drug-likeness (QED) is 0.879. The van der Waals surface area contributed by atoms with Crippen LogP contribution in [0.25, 0.3) is 0 Å². The molecule has 0 fully saturated rings. The SMILES string of the molecule is CCn1nc(C)c(C(=O)Nc2sc(C)cc2C(=O)OC)c1C. The normalized spacial score (nSPS) is 10.6. The molecule has 2 aromatic rings. The first-order chi connectivity index (χ1) is 10.4. The fourth-order valence-corrected chi connectivity index (χ4v) is 3.26. The molecule has 0 aliphatic carbocycles. The van der Waals surface area contributed by atoms with Crippen LogP contribution in [0.5, 0.6) is 0 Å². The van der Waals surface area contributed by atoms with E-state index in [4.69, 9.17) is 4.74 Å². The maximum Gasteiger partial charge on any atom is 0.340 e. The van der Waals surface area contributed by atoms with Crippen LogP contribution in [-0.2, 0) is 11.3 Å². The first-order valence-corrected chi connectivity index (χ1v) is 7.74. The second kappa shape index (κ2) is 6.31. The van der Waals surface area contributed by atoms with Gasteiger partial charge >= 0.3 is 5.97 Å². The van der Waals surface area contributed by atoms with E-state index >= 15 is 0 Å². The second-order valence-electron chi connectivity index (χ2n) is 4.91. The van der Waals surface area contributed by atoms with Crippen LogP contribution in [0.1, 0.15) is 43.9 Å². The average molecular weight is 321 g/mol. The molecule has 2 aromatic heterocycles. The summed E-state index contributed by atoms with van der Waals surface area (Å²) in [7, 11) is 1.32. The van der Waals surface area contributed by atoms with E-state index < -0.39 is 5.97 Å². The van der Waals surface area contributed by atoms with E-state index in [0.29, 0.717) is 28.4 Å². The number of nitrogens with zero attached hydrogens (tertiary/aromatic N) is 2. The Hall–Kier alpha value is -2.15. The van der Waals surface area contributed by atoms with Gasteiger partial charge in [-0.2, -0.15) is 5.10 Å². The molecule has 0 spiro atoms. The molecular weight excluding hydrogens is 302 g/mol. The number of ether oxygens (including phenoxy) is 1. The predicted molar refractivity (Wildman–Crippen MR) is 85.7 cm³/mol. The first kappa shape index (κ1) is 16.2. The van der Waals surface area contributed by atoms with Crippen molar-refractivity contribution in [1.29, 1.82) is 0 Å². The summed E-state index contributed by atoms with van der Waals surface area (Å²) < 4.78 is 6.53. The van der Waals surface area contributed by atoms with Crippen LogP contribution in [0, 0.1) is 20.8 Å². The maximum atomic E-state index is 12.5. The molecule has 0 unspecified atom stereocenters. The standard InChI is InChI=1S/C15H19N3O3S/c1-6-18-10(4)12(9(3)17-18)13(19)16-14-11(15(20)21-5)7-8(2)22-14/h7H,6H2,1-5H3,(H,16,19). The molecule has 2 heterocycles. The van der Waals surface area contributed by atoms with Crippen molar-refractivity contribution in [3.05, 3.63) is 33.5 Å². The fourth-order valence-electron chi connectivity index (χ4n) is 2.37. The number of carbonyl (C=O) groups excluding carboxylic acids is 2. The van der Waals surface area contributed by atoms with Gasteiger partial charge in [-0.3, -0.25) is 9.48 Å². The van der Waals surface area contributed by atoms with E-state index in [1.807, 2.05) is 20.8 Å². The number of amides is 1. The van der Waals surface area contributed by atoms with Gasteiger partial charge in [0.05, 0.1) is 23.9 Å². The molecule has 0 saturated heterocycles. The van der Waals surface area contributed by atoms with E-state index in [9.17, 15) is 9.59 Å². The molecule has 0 saturated carbocycles. The molecule has 1 amide bonds. The highest BCUT2D eigenvalue weighted by Crippen LogP contribution is 2.29. The average Bonchev–Trinajstić information content (AvgIpc) is 2.97. The lowest BCUT2D eigenvalue weighted by Crippen LogP contribution is -2.15. The summed E-state index contributed by atoms with van der Waals surface area (Å²) in [5.41, 5.74) is 2.40. The van der Waals surface area contributed by atoms with Crippen LogP contribution in [0.3, 0.4) is 0 Å². The Bertz CT molecular complexity index is 731. The summed E-state index contributed by atoms with van der Waals surface area (Å²) in [4.78, 5) is 25.2. The highest BCUT2D eigenvalue weighted by molar-refractivity contribution is 7.16. The van der Waals surface area contributed by atoms with Crippen molar-refractivity contribution >= 4 is 28.2 Å². The van der Waals surface area contributed by atoms with Gasteiger partial charge in [0.15, 0.2) is 0 Å². The van der Waals surface area contributed by atoms with Crippen LogP contribution in [0.15, 0.2) is 6.07 Å². The summed E-state index contributed by atoms with van der Waals surface area (Å²) >= 11 is 1.35. The van der Waals surface area contributed by atoms with Crippen molar-refractivity contribution in [3.8, 4) is 0 Å². The van der Waals surface area contributed by atoms with Gasteiger partial charge in [-0.05, 0) is 33.8 Å². The largest absolute Gasteiger partial charge is 0.465 e. The lowest BCUT2D eigenvalue weighted by atomic mass is 10.2. The van der Waals surface area contributed by atoms with Gasteiger partial charge in [-0.15, -0.1) is 11.3 Å². The Morgan fingerprint density at radius 1 is 1.36 bits per heavy atom. The zero-order valence-electron chi connectivity index (χ0n) is 13.3. The minimum absolute atomic E-state index is 0.262. The van der Waals surface area contributed by atoms with E-state index in [0.717, 1.165) is 10.6 Å². The van der Waals surface area contributed by atoms with Gasteiger partial charge in [0.25, 0.3) is 5.91 Å². The van der Waals surface area contributed by atoms with Gasteiger partial charge in [-0.1, -0.05) is 0 Å². The molecule has 22 heavy (non-hydrogen) atoms. The third kappa shape index (κ3) is 2.89. The Balaban J connectivity index is 2.34. The molecule has 1 N–H and O–H groups in total. The summed E-state index contributed by atoms with van der Waals surface area (Å²) in [5.74, 6) is -0.723. The Morgan fingerprint density at radius 3 is 2.59 bits per heavy atom. The highest BCUT2D eigenvalue weighted by atomic mass is 32.1. The Morgan fingerprint density at radius 2 is 2.05 bits per heavy atom. The minimum atomic E-state index is -0.461. The lowest BCUT2D eigenvalue weighted by Gasteiger charge is -2.06. The molecule has 2 rings (SSSR count). The fraction of sp³-hybridized carbons (Fsp3) is 0.400. The maximum absolute atomic E-state index is 12.5. The number of rotatable bonds is 4. The van der Waals surface area contributed by atoms with Gasteiger partial charge in [0, 0.05) is 17.1 Å². The number of hydrogen-bond acceptors (Lipinski definition) is 5. The number of anilines is 1. The number of nitrogens with one attached hydrogen (secondary N) is 1. The van der Waals surface area contributed by atoms with Crippen LogP contribution < -0.4 is 5.32 Å². The number of esters is 1. The lowest BCUT2D eigenvalue weighted by molar-refractivity contribution is 0.0602. The van der Waals surface area contributed by atoms with E-state index in [2.05, 4.69) is 10.4 Å². The molecule has 0 aromatic carbocycles. The molecule has 0 aliphatic rings. The van der Waals surface area contributed by atoms with E-state index in [1.54, 1.807) is 17.7 Å². The van der Waals surface area contributed by atoms with Crippen molar-refractivity contribution in [2.45, 2.75) is 34.2 Å². The van der Waals surface area contributed by atoms with Gasteiger partial charge in [-0.25, -0.2) is 4.79 Å². The van der Waals surface area contributed by atoms with Crippen molar-refractivity contribution in [2.75, 3.05) is 12.4 Å². The molecule has 0 atom stereocenters. The van der Waals surface area contributed by atoms with E-state index in [1.165, 1.54) is 18.4 Å². The van der Waals surface area contributed by atoms with Crippen LogP contribution in [0.2, 0.25) is 0 Å². The molecule has 0 radical (unpaired) electrons. The monoisotopic (exact) mass is 321 g/mol. The number of thiophene rings is 1. The number of aromatic nitrogens is 2. The van der Waals surface area contributed by atoms with Gasteiger partial charge in [0.2, 0.25) is 0 Å². The predicted octanol–water partition coefficient (Wildman–Crippen LogP) is 2.93.